The van der Waals surface area contributed by atoms with Gasteiger partial charge in [0.15, 0.2) is 0 Å². The number of nitrogens with one attached hydrogen (secondary N) is 1. The number of aromatic nitrogens is 1. The minimum atomic E-state index is -0.895. The molecule has 0 fully saturated rings. The van der Waals surface area contributed by atoms with Crippen molar-refractivity contribution in [3.8, 4) is 0 Å². The van der Waals surface area contributed by atoms with Gasteiger partial charge in [0.1, 0.15) is 0 Å². The molecule has 1 heterocycles. The molecule has 0 bridgehead atoms. The third-order valence-corrected chi connectivity index (χ3v) is 3.50. The molecule has 0 saturated heterocycles. The van der Waals surface area contributed by atoms with Crippen molar-refractivity contribution in [3.63, 3.8) is 0 Å². The molecule has 2 N–H and O–H groups in total. The maximum absolute atomic E-state index is 11.8. The van der Waals surface area contributed by atoms with Gasteiger partial charge in [-0.15, -0.1) is 0 Å². The molecule has 1 amide bonds. The SMILES string of the molecule is Cc1noc(Cl)c1CC(=O)NCC(C)(O)CCC(C)C. The Labute approximate surface area is 124 Å². The van der Waals surface area contributed by atoms with E-state index in [4.69, 9.17) is 16.1 Å². The van der Waals surface area contributed by atoms with Crippen LogP contribution in [0.15, 0.2) is 4.52 Å². The van der Waals surface area contributed by atoms with Gasteiger partial charge in [0.05, 0.1) is 17.7 Å². The highest BCUT2D eigenvalue weighted by atomic mass is 35.5. The Morgan fingerprint density at radius 2 is 2.20 bits per heavy atom. The van der Waals surface area contributed by atoms with Gasteiger partial charge in [-0.2, -0.15) is 0 Å². The van der Waals surface area contributed by atoms with Crippen molar-refractivity contribution in [3.05, 3.63) is 16.5 Å². The van der Waals surface area contributed by atoms with Gasteiger partial charge >= 0.3 is 0 Å². The molecule has 0 aliphatic carbocycles. The molecule has 0 aliphatic heterocycles. The van der Waals surface area contributed by atoms with Crippen LogP contribution in [0, 0.1) is 12.8 Å². The van der Waals surface area contributed by atoms with Crippen molar-refractivity contribution in [2.24, 2.45) is 5.92 Å². The summed E-state index contributed by atoms with van der Waals surface area (Å²) < 4.78 is 4.79. The van der Waals surface area contributed by atoms with Gasteiger partial charge in [0.25, 0.3) is 0 Å². The number of rotatable bonds is 7. The molecule has 0 aliphatic rings. The molecule has 0 spiro atoms. The molecule has 5 nitrogen and oxygen atoms in total. The van der Waals surface area contributed by atoms with E-state index in [0.717, 1.165) is 6.42 Å². The highest BCUT2D eigenvalue weighted by molar-refractivity contribution is 6.29. The highest BCUT2D eigenvalue weighted by Crippen LogP contribution is 2.19. The molecule has 1 aromatic heterocycles. The standard InChI is InChI=1S/C14H23ClN2O3/c1-9(2)5-6-14(4,19)8-16-12(18)7-11-10(3)17-20-13(11)15/h9,19H,5-8H2,1-4H3,(H,16,18). The Balaban J connectivity index is 2.43. The second-order valence-electron chi connectivity index (χ2n) is 5.90. The van der Waals surface area contributed by atoms with Gasteiger partial charge in [-0.3, -0.25) is 4.79 Å². The number of amides is 1. The lowest BCUT2D eigenvalue weighted by atomic mass is 9.95. The molecular formula is C14H23ClN2O3. The molecule has 1 atom stereocenters. The van der Waals surface area contributed by atoms with Crippen molar-refractivity contribution < 1.29 is 14.4 Å². The summed E-state index contributed by atoms with van der Waals surface area (Å²) >= 11 is 5.81. The number of carbonyl (C=O) groups excluding carboxylic acids is 1. The zero-order valence-electron chi connectivity index (χ0n) is 12.5. The Morgan fingerprint density at radius 1 is 1.55 bits per heavy atom. The Morgan fingerprint density at radius 3 is 2.70 bits per heavy atom. The number of aryl methyl sites for hydroxylation is 1. The molecule has 0 saturated carbocycles. The largest absolute Gasteiger partial charge is 0.388 e. The summed E-state index contributed by atoms with van der Waals surface area (Å²) in [6.45, 7) is 7.89. The van der Waals surface area contributed by atoms with E-state index in [-0.39, 0.29) is 24.1 Å². The highest BCUT2D eigenvalue weighted by Gasteiger charge is 2.22. The number of hydrogen-bond acceptors (Lipinski definition) is 4. The quantitative estimate of drug-likeness (QED) is 0.811. The van der Waals surface area contributed by atoms with Crippen LogP contribution in [0.1, 0.15) is 44.9 Å². The number of hydrogen-bond donors (Lipinski definition) is 2. The summed E-state index contributed by atoms with van der Waals surface area (Å²) in [4.78, 5) is 11.8. The second-order valence-corrected chi connectivity index (χ2v) is 6.25. The first kappa shape index (κ1) is 17.0. The zero-order chi connectivity index (χ0) is 15.3. The molecule has 20 heavy (non-hydrogen) atoms. The lowest BCUT2D eigenvalue weighted by Crippen LogP contribution is -2.41. The van der Waals surface area contributed by atoms with Gasteiger partial charge < -0.3 is 14.9 Å². The van der Waals surface area contributed by atoms with Gasteiger partial charge in [-0.25, -0.2) is 0 Å². The predicted molar refractivity (Wildman–Crippen MR) is 77.7 cm³/mol. The third kappa shape index (κ3) is 5.51. The summed E-state index contributed by atoms with van der Waals surface area (Å²) in [5, 5.41) is 16.7. The summed E-state index contributed by atoms with van der Waals surface area (Å²) in [6.07, 6.45) is 1.67. The van der Waals surface area contributed by atoms with E-state index in [1.807, 2.05) is 0 Å². The molecule has 0 aromatic carbocycles. The van der Waals surface area contributed by atoms with Crippen LogP contribution in [0.2, 0.25) is 5.22 Å². The molecule has 1 unspecified atom stereocenters. The first-order valence-corrected chi connectivity index (χ1v) is 7.19. The van der Waals surface area contributed by atoms with Crippen molar-refractivity contribution in [2.75, 3.05) is 6.54 Å². The Bertz CT molecular complexity index is 436. The van der Waals surface area contributed by atoms with E-state index in [1.54, 1.807) is 13.8 Å². The summed E-state index contributed by atoms with van der Waals surface area (Å²) in [6, 6.07) is 0. The number of aliphatic hydroxyl groups is 1. The van der Waals surface area contributed by atoms with Crippen LogP contribution in [0.3, 0.4) is 0 Å². The lowest BCUT2D eigenvalue weighted by molar-refractivity contribution is -0.121. The minimum absolute atomic E-state index is 0.106. The van der Waals surface area contributed by atoms with Crippen LogP contribution in [0.4, 0.5) is 0 Å². The van der Waals surface area contributed by atoms with Crippen molar-refractivity contribution in [1.29, 1.82) is 0 Å². The maximum atomic E-state index is 11.8. The second kappa shape index (κ2) is 7.09. The molecule has 1 aromatic rings. The summed E-state index contributed by atoms with van der Waals surface area (Å²) in [7, 11) is 0. The molecule has 0 radical (unpaired) electrons. The first-order chi connectivity index (χ1) is 9.21. The lowest BCUT2D eigenvalue weighted by Gasteiger charge is -2.24. The minimum Gasteiger partial charge on any atom is -0.388 e. The monoisotopic (exact) mass is 302 g/mol. The predicted octanol–water partition coefficient (Wildman–Crippen LogP) is 2.48. The molecule has 114 valence electrons. The fraction of sp³-hybridized carbons (Fsp3) is 0.714. The van der Waals surface area contributed by atoms with Crippen LogP contribution >= 0.6 is 11.6 Å². The molecule has 6 heteroatoms. The van der Waals surface area contributed by atoms with Gasteiger partial charge in [-0.1, -0.05) is 19.0 Å². The summed E-state index contributed by atoms with van der Waals surface area (Å²) in [5.41, 5.74) is 0.302. The van der Waals surface area contributed by atoms with Crippen LogP contribution in [-0.2, 0) is 11.2 Å². The number of halogens is 1. The molecule has 1 rings (SSSR count). The van der Waals surface area contributed by atoms with E-state index in [0.29, 0.717) is 23.6 Å². The van der Waals surface area contributed by atoms with E-state index >= 15 is 0 Å². The average Bonchev–Trinajstić information content (AvgIpc) is 2.66. The number of nitrogens with zero attached hydrogens (tertiary/aromatic N) is 1. The normalized spacial score (nSPS) is 14.3. The topological polar surface area (TPSA) is 75.4 Å². The van der Waals surface area contributed by atoms with Crippen molar-refractivity contribution in [1.82, 2.24) is 10.5 Å². The smallest absolute Gasteiger partial charge is 0.229 e. The third-order valence-electron chi connectivity index (χ3n) is 3.20. The van der Waals surface area contributed by atoms with Crippen LogP contribution in [0.25, 0.3) is 0 Å². The van der Waals surface area contributed by atoms with E-state index < -0.39 is 5.60 Å². The van der Waals surface area contributed by atoms with Crippen LogP contribution < -0.4 is 5.32 Å². The zero-order valence-corrected chi connectivity index (χ0v) is 13.3. The summed E-state index contributed by atoms with van der Waals surface area (Å²) in [5.74, 6) is 0.318. The Kier molecular flexibility index (Phi) is 6.02. The fourth-order valence-corrected chi connectivity index (χ4v) is 2.00. The first-order valence-electron chi connectivity index (χ1n) is 6.81. The number of carbonyl (C=O) groups is 1. The molecular weight excluding hydrogens is 280 g/mol. The van der Waals surface area contributed by atoms with E-state index in [1.165, 1.54) is 0 Å². The van der Waals surface area contributed by atoms with E-state index in [2.05, 4.69) is 24.3 Å². The fourth-order valence-electron chi connectivity index (χ4n) is 1.76. The van der Waals surface area contributed by atoms with E-state index in [9.17, 15) is 9.90 Å². The van der Waals surface area contributed by atoms with Crippen LogP contribution in [0.5, 0.6) is 0 Å². The van der Waals surface area contributed by atoms with Crippen molar-refractivity contribution >= 4 is 17.5 Å². The van der Waals surface area contributed by atoms with Gasteiger partial charge in [0, 0.05) is 12.1 Å². The van der Waals surface area contributed by atoms with Crippen molar-refractivity contribution in [2.45, 2.75) is 52.6 Å². The van der Waals surface area contributed by atoms with Gasteiger partial charge in [-0.05, 0) is 44.2 Å². The average molecular weight is 303 g/mol. The maximum Gasteiger partial charge on any atom is 0.229 e. The Hall–Kier alpha value is -1.07. The van der Waals surface area contributed by atoms with Crippen LogP contribution in [-0.4, -0.2) is 28.3 Å². The van der Waals surface area contributed by atoms with Gasteiger partial charge in [0.2, 0.25) is 11.1 Å².